The molecule has 1 unspecified atom stereocenters. The molecule has 4 N–H and O–H groups in total. The van der Waals surface area contributed by atoms with Gasteiger partial charge < -0.3 is 5.73 Å². The summed E-state index contributed by atoms with van der Waals surface area (Å²) in [6.45, 7) is 5.34. The standard InChI is InChI=1S/C8H21N3O2S/c1-3-10-14(12,13)11-6-4-5-8(2)7-9/h8,10-11H,3-7,9H2,1-2H3. The lowest BCUT2D eigenvalue weighted by Gasteiger charge is -2.09. The molecular weight excluding hydrogens is 202 g/mol. The highest BCUT2D eigenvalue weighted by molar-refractivity contribution is 7.87. The van der Waals surface area contributed by atoms with E-state index in [4.69, 9.17) is 5.73 Å². The molecule has 0 spiro atoms. The molecule has 14 heavy (non-hydrogen) atoms. The summed E-state index contributed by atoms with van der Waals surface area (Å²) in [4.78, 5) is 0. The molecule has 0 aliphatic carbocycles. The van der Waals surface area contributed by atoms with E-state index in [0.717, 1.165) is 12.8 Å². The SMILES string of the molecule is CCNS(=O)(=O)NCCCC(C)CN. The second kappa shape index (κ2) is 7.17. The van der Waals surface area contributed by atoms with Crippen molar-refractivity contribution in [2.75, 3.05) is 19.6 Å². The lowest BCUT2D eigenvalue weighted by atomic mass is 10.1. The number of hydrogen-bond acceptors (Lipinski definition) is 3. The van der Waals surface area contributed by atoms with Crippen molar-refractivity contribution in [2.45, 2.75) is 26.7 Å². The smallest absolute Gasteiger partial charge is 0.276 e. The van der Waals surface area contributed by atoms with Crippen molar-refractivity contribution < 1.29 is 8.42 Å². The van der Waals surface area contributed by atoms with Crippen molar-refractivity contribution in [3.05, 3.63) is 0 Å². The maximum Gasteiger partial charge on any atom is 0.276 e. The first-order chi connectivity index (χ1) is 6.52. The normalized spacial score (nSPS) is 14.2. The Bertz CT molecular complexity index is 229. The maximum atomic E-state index is 11.1. The van der Waals surface area contributed by atoms with Crippen molar-refractivity contribution >= 4 is 10.2 Å². The molecule has 5 nitrogen and oxygen atoms in total. The van der Waals surface area contributed by atoms with Gasteiger partial charge in [0.05, 0.1) is 0 Å². The molecular formula is C8H21N3O2S. The average molecular weight is 223 g/mol. The quantitative estimate of drug-likeness (QED) is 0.498. The van der Waals surface area contributed by atoms with Crippen molar-refractivity contribution in [1.82, 2.24) is 9.44 Å². The molecule has 0 amide bonds. The molecule has 86 valence electrons. The topological polar surface area (TPSA) is 84.2 Å². The summed E-state index contributed by atoms with van der Waals surface area (Å²) in [5.41, 5.74) is 5.44. The molecule has 0 fully saturated rings. The van der Waals surface area contributed by atoms with E-state index < -0.39 is 10.2 Å². The molecule has 0 aromatic carbocycles. The summed E-state index contributed by atoms with van der Waals surface area (Å²) in [6.07, 6.45) is 1.77. The van der Waals surface area contributed by atoms with Crippen LogP contribution in [0.15, 0.2) is 0 Å². The van der Waals surface area contributed by atoms with Crippen LogP contribution in [0.4, 0.5) is 0 Å². The van der Waals surface area contributed by atoms with Gasteiger partial charge in [-0.3, -0.25) is 0 Å². The molecule has 0 aliphatic heterocycles. The minimum atomic E-state index is -3.27. The van der Waals surface area contributed by atoms with Crippen LogP contribution in [0.25, 0.3) is 0 Å². The fourth-order valence-corrected chi connectivity index (χ4v) is 1.91. The number of rotatable bonds is 8. The molecule has 1 atom stereocenters. The van der Waals surface area contributed by atoms with Gasteiger partial charge in [-0.15, -0.1) is 0 Å². The molecule has 0 saturated carbocycles. The van der Waals surface area contributed by atoms with Crippen LogP contribution in [0.5, 0.6) is 0 Å². The molecule has 0 aromatic rings. The van der Waals surface area contributed by atoms with Gasteiger partial charge in [-0.1, -0.05) is 13.8 Å². The van der Waals surface area contributed by atoms with Crippen LogP contribution in [0.3, 0.4) is 0 Å². The fraction of sp³-hybridized carbons (Fsp3) is 1.00. The fourth-order valence-electron chi connectivity index (χ4n) is 1.02. The molecule has 0 rings (SSSR count). The first kappa shape index (κ1) is 13.8. The van der Waals surface area contributed by atoms with Crippen molar-refractivity contribution in [2.24, 2.45) is 11.7 Å². The lowest BCUT2D eigenvalue weighted by molar-refractivity contribution is 0.511. The molecule has 0 radical (unpaired) electrons. The minimum Gasteiger partial charge on any atom is -0.330 e. The summed E-state index contributed by atoms with van der Waals surface area (Å²) in [7, 11) is -3.27. The highest BCUT2D eigenvalue weighted by atomic mass is 32.2. The van der Waals surface area contributed by atoms with E-state index in [0.29, 0.717) is 25.6 Å². The van der Waals surface area contributed by atoms with E-state index in [1.807, 2.05) is 0 Å². The molecule has 0 bridgehead atoms. The minimum absolute atomic E-state index is 0.411. The van der Waals surface area contributed by atoms with Crippen LogP contribution in [0, 0.1) is 5.92 Å². The predicted octanol–water partition coefficient (Wildman–Crippen LogP) is -0.195. The van der Waals surface area contributed by atoms with Crippen LogP contribution in [-0.4, -0.2) is 28.1 Å². The van der Waals surface area contributed by atoms with Crippen molar-refractivity contribution in [3.8, 4) is 0 Å². The van der Waals surface area contributed by atoms with Gasteiger partial charge in [0, 0.05) is 13.1 Å². The molecule has 0 heterocycles. The largest absolute Gasteiger partial charge is 0.330 e. The first-order valence-corrected chi connectivity index (χ1v) is 6.44. The second-order valence-corrected chi connectivity index (χ2v) is 4.96. The Morgan fingerprint density at radius 3 is 2.50 bits per heavy atom. The van der Waals surface area contributed by atoms with Crippen molar-refractivity contribution in [1.29, 1.82) is 0 Å². The molecule has 0 aromatic heterocycles. The van der Waals surface area contributed by atoms with Gasteiger partial charge >= 0.3 is 0 Å². The summed E-state index contributed by atoms with van der Waals surface area (Å²) >= 11 is 0. The van der Waals surface area contributed by atoms with E-state index in [2.05, 4.69) is 16.4 Å². The van der Waals surface area contributed by atoms with Crippen LogP contribution in [-0.2, 0) is 10.2 Å². The van der Waals surface area contributed by atoms with Gasteiger partial charge in [-0.05, 0) is 25.3 Å². The molecule has 6 heteroatoms. The van der Waals surface area contributed by atoms with Gasteiger partial charge in [0.25, 0.3) is 10.2 Å². The van der Waals surface area contributed by atoms with Crippen LogP contribution < -0.4 is 15.2 Å². The summed E-state index contributed by atoms with van der Waals surface area (Å²) < 4.78 is 27.0. The van der Waals surface area contributed by atoms with Crippen LogP contribution in [0.1, 0.15) is 26.7 Å². The third kappa shape index (κ3) is 7.25. The Hall–Kier alpha value is -0.170. The van der Waals surface area contributed by atoms with Gasteiger partial charge in [0.2, 0.25) is 0 Å². The number of nitrogens with two attached hydrogens (primary N) is 1. The van der Waals surface area contributed by atoms with E-state index in [1.54, 1.807) is 6.92 Å². The highest BCUT2D eigenvalue weighted by Crippen LogP contribution is 2.01. The van der Waals surface area contributed by atoms with Gasteiger partial charge in [-0.25, -0.2) is 9.44 Å². The van der Waals surface area contributed by atoms with Gasteiger partial charge in [-0.2, -0.15) is 8.42 Å². The predicted molar refractivity (Wildman–Crippen MR) is 58.1 cm³/mol. The molecule has 0 aliphatic rings. The summed E-state index contributed by atoms with van der Waals surface area (Å²) in [5, 5.41) is 0. The molecule has 0 saturated heterocycles. The summed E-state index contributed by atoms with van der Waals surface area (Å²) in [6, 6.07) is 0. The highest BCUT2D eigenvalue weighted by Gasteiger charge is 2.06. The zero-order valence-corrected chi connectivity index (χ0v) is 9.73. The van der Waals surface area contributed by atoms with Crippen LogP contribution in [0.2, 0.25) is 0 Å². The lowest BCUT2D eigenvalue weighted by Crippen LogP contribution is -2.36. The zero-order valence-electron chi connectivity index (χ0n) is 8.91. The Morgan fingerprint density at radius 1 is 1.36 bits per heavy atom. The van der Waals surface area contributed by atoms with Gasteiger partial charge in [0.1, 0.15) is 0 Å². The Labute approximate surface area is 86.6 Å². The van der Waals surface area contributed by atoms with Crippen molar-refractivity contribution in [3.63, 3.8) is 0 Å². The van der Waals surface area contributed by atoms with E-state index in [-0.39, 0.29) is 0 Å². The third-order valence-corrected chi connectivity index (χ3v) is 3.16. The second-order valence-electron chi connectivity index (χ2n) is 3.38. The Kier molecular flexibility index (Phi) is 7.08. The average Bonchev–Trinajstić information content (AvgIpc) is 2.12. The zero-order chi connectivity index (χ0) is 11.0. The van der Waals surface area contributed by atoms with E-state index in [9.17, 15) is 8.42 Å². The number of nitrogens with one attached hydrogen (secondary N) is 2. The van der Waals surface area contributed by atoms with E-state index >= 15 is 0 Å². The van der Waals surface area contributed by atoms with E-state index in [1.165, 1.54) is 0 Å². The Balaban J connectivity index is 3.54. The van der Waals surface area contributed by atoms with Crippen LogP contribution >= 0.6 is 0 Å². The first-order valence-electron chi connectivity index (χ1n) is 4.96. The number of hydrogen-bond donors (Lipinski definition) is 3. The Morgan fingerprint density at radius 2 is 2.00 bits per heavy atom. The maximum absolute atomic E-state index is 11.1. The summed E-state index contributed by atoms with van der Waals surface area (Å²) in [5.74, 6) is 0.457. The monoisotopic (exact) mass is 223 g/mol. The van der Waals surface area contributed by atoms with Gasteiger partial charge in [0.15, 0.2) is 0 Å². The third-order valence-electron chi connectivity index (χ3n) is 1.90.